The summed E-state index contributed by atoms with van der Waals surface area (Å²) in [5.74, 6) is -0.573. The Morgan fingerprint density at radius 1 is 1.16 bits per heavy atom. The van der Waals surface area contributed by atoms with Gasteiger partial charge >= 0.3 is 5.97 Å². The first-order valence-electron chi connectivity index (χ1n) is 6.23. The fourth-order valence-electron chi connectivity index (χ4n) is 1.50. The number of benzene rings is 1. The van der Waals surface area contributed by atoms with Gasteiger partial charge in [-0.05, 0) is 37.6 Å². The van der Waals surface area contributed by atoms with Gasteiger partial charge in [0.05, 0.1) is 12.7 Å². The summed E-state index contributed by atoms with van der Waals surface area (Å²) in [6, 6.07) is 6.34. The zero-order valence-electron chi connectivity index (χ0n) is 11.3. The molecule has 1 aromatic carbocycles. The van der Waals surface area contributed by atoms with E-state index in [0.29, 0.717) is 30.9 Å². The van der Waals surface area contributed by atoms with E-state index in [4.69, 9.17) is 4.74 Å². The molecule has 0 radical (unpaired) electrons. The van der Waals surface area contributed by atoms with E-state index in [-0.39, 0.29) is 5.91 Å². The van der Waals surface area contributed by atoms with Gasteiger partial charge in [-0.3, -0.25) is 4.79 Å². The molecule has 5 nitrogen and oxygen atoms in total. The summed E-state index contributed by atoms with van der Waals surface area (Å²) < 4.78 is 9.76. The molecule has 0 aliphatic carbocycles. The Labute approximate surface area is 112 Å². The highest BCUT2D eigenvalue weighted by Crippen LogP contribution is 2.05. The highest BCUT2D eigenvalue weighted by Gasteiger charge is 2.08. The number of methoxy groups -OCH3 is 1. The molecule has 0 aromatic heterocycles. The van der Waals surface area contributed by atoms with Crippen LogP contribution in [0.15, 0.2) is 24.3 Å². The third-order valence-corrected chi connectivity index (χ3v) is 2.52. The lowest BCUT2D eigenvalue weighted by Gasteiger charge is -2.06. The molecule has 1 aromatic rings. The zero-order chi connectivity index (χ0) is 14.1. The molecule has 0 spiro atoms. The lowest BCUT2D eigenvalue weighted by Crippen LogP contribution is -2.25. The topological polar surface area (TPSA) is 64.6 Å². The number of rotatable bonds is 7. The van der Waals surface area contributed by atoms with Gasteiger partial charge in [0, 0.05) is 25.3 Å². The van der Waals surface area contributed by atoms with Gasteiger partial charge in [-0.15, -0.1) is 0 Å². The number of amides is 1. The lowest BCUT2D eigenvalue weighted by atomic mass is 10.1. The van der Waals surface area contributed by atoms with Crippen molar-refractivity contribution in [2.24, 2.45) is 0 Å². The van der Waals surface area contributed by atoms with Crippen molar-refractivity contribution in [1.82, 2.24) is 5.32 Å². The van der Waals surface area contributed by atoms with E-state index in [1.54, 1.807) is 24.3 Å². The Balaban J connectivity index is 2.42. The second kappa shape index (κ2) is 8.26. The maximum Gasteiger partial charge on any atom is 0.337 e. The van der Waals surface area contributed by atoms with Crippen molar-refractivity contribution in [2.45, 2.75) is 13.3 Å². The largest absolute Gasteiger partial charge is 0.465 e. The minimum absolute atomic E-state index is 0.159. The quantitative estimate of drug-likeness (QED) is 0.601. The second-order valence-corrected chi connectivity index (χ2v) is 3.88. The predicted molar refractivity (Wildman–Crippen MR) is 71.2 cm³/mol. The molecule has 104 valence electrons. The van der Waals surface area contributed by atoms with E-state index < -0.39 is 5.97 Å². The lowest BCUT2D eigenvalue weighted by molar-refractivity contribution is 0.0600. The highest BCUT2D eigenvalue weighted by atomic mass is 16.5. The van der Waals surface area contributed by atoms with Crippen molar-refractivity contribution in [3.8, 4) is 0 Å². The van der Waals surface area contributed by atoms with Crippen LogP contribution < -0.4 is 5.32 Å². The third kappa shape index (κ3) is 5.09. The molecule has 0 aliphatic heterocycles. The normalized spacial score (nSPS) is 10.0. The fourth-order valence-corrected chi connectivity index (χ4v) is 1.50. The van der Waals surface area contributed by atoms with Crippen molar-refractivity contribution in [2.75, 3.05) is 26.9 Å². The van der Waals surface area contributed by atoms with E-state index in [1.807, 2.05) is 6.92 Å². The van der Waals surface area contributed by atoms with Crippen molar-refractivity contribution in [1.29, 1.82) is 0 Å². The van der Waals surface area contributed by atoms with E-state index in [9.17, 15) is 9.59 Å². The van der Waals surface area contributed by atoms with Crippen molar-refractivity contribution < 1.29 is 19.1 Å². The molecule has 0 saturated heterocycles. The summed E-state index contributed by atoms with van der Waals surface area (Å²) in [7, 11) is 1.32. The summed E-state index contributed by atoms with van der Waals surface area (Å²) in [5, 5.41) is 2.79. The number of esters is 1. The molecule has 1 amide bonds. The molecule has 1 N–H and O–H groups in total. The van der Waals surface area contributed by atoms with Crippen LogP contribution in [-0.2, 0) is 9.47 Å². The first-order chi connectivity index (χ1) is 9.19. The highest BCUT2D eigenvalue weighted by molar-refractivity contribution is 5.96. The maximum absolute atomic E-state index is 11.8. The molecule has 0 fully saturated rings. The molecule has 0 aliphatic rings. The van der Waals surface area contributed by atoms with Crippen molar-refractivity contribution >= 4 is 11.9 Å². The minimum Gasteiger partial charge on any atom is -0.465 e. The maximum atomic E-state index is 11.8. The van der Waals surface area contributed by atoms with Crippen LogP contribution in [0.1, 0.15) is 34.1 Å². The average Bonchev–Trinajstić information content (AvgIpc) is 2.46. The molecule has 5 heteroatoms. The number of hydrogen-bond acceptors (Lipinski definition) is 4. The van der Waals surface area contributed by atoms with Gasteiger partial charge in [0.1, 0.15) is 0 Å². The van der Waals surface area contributed by atoms with Gasteiger partial charge in [-0.1, -0.05) is 0 Å². The van der Waals surface area contributed by atoms with Gasteiger partial charge in [0.2, 0.25) is 0 Å². The van der Waals surface area contributed by atoms with E-state index in [1.165, 1.54) is 7.11 Å². The van der Waals surface area contributed by atoms with Crippen LogP contribution in [0.5, 0.6) is 0 Å². The van der Waals surface area contributed by atoms with Crippen LogP contribution in [0.3, 0.4) is 0 Å². The molecule has 19 heavy (non-hydrogen) atoms. The number of ether oxygens (including phenoxy) is 2. The van der Waals surface area contributed by atoms with Crippen LogP contribution in [-0.4, -0.2) is 38.7 Å². The average molecular weight is 265 g/mol. The van der Waals surface area contributed by atoms with Crippen LogP contribution >= 0.6 is 0 Å². The minimum atomic E-state index is -0.413. The summed E-state index contributed by atoms with van der Waals surface area (Å²) in [6.07, 6.45) is 0.778. The number of nitrogens with one attached hydrogen (secondary N) is 1. The standard InChI is InChI=1S/C14H19NO4/c1-3-19-10-4-9-15-13(16)11-5-7-12(8-6-11)14(17)18-2/h5-8H,3-4,9-10H2,1-2H3,(H,15,16). The molecular weight excluding hydrogens is 246 g/mol. The summed E-state index contributed by atoms with van der Waals surface area (Å²) in [4.78, 5) is 23.0. The van der Waals surface area contributed by atoms with E-state index in [0.717, 1.165) is 6.42 Å². The number of hydrogen-bond donors (Lipinski definition) is 1. The zero-order valence-corrected chi connectivity index (χ0v) is 11.3. The van der Waals surface area contributed by atoms with Crippen LogP contribution in [0, 0.1) is 0 Å². The van der Waals surface area contributed by atoms with Gasteiger partial charge in [-0.25, -0.2) is 4.79 Å². The predicted octanol–water partition coefficient (Wildman–Crippen LogP) is 1.63. The second-order valence-electron chi connectivity index (χ2n) is 3.88. The Morgan fingerprint density at radius 3 is 2.37 bits per heavy atom. The van der Waals surface area contributed by atoms with Crippen LogP contribution in [0.2, 0.25) is 0 Å². The van der Waals surface area contributed by atoms with Gasteiger partial charge in [0.15, 0.2) is 0 Å². The van der Waals surface area contributed by atoms with Crippen LogP contribution in [0.4, 0.5) is 0 Å². The third-order valence-electron chi connectivity index (χ3n) is 2.52. The summed E-state index contributed by atoms with van der Waals surface area (Å²) in [5.41, 5.74) is 0.944. The summed E-state index contributed by atoms with van der Waals surface area (Å²) >= 11 is 0. The van der Waals surface area contributed by atoms with Gasteiger partial charge in [-0.2, -0.15) is 0 Å². The Morgan fingerprint density at radius 2 is 1.79 bits per heavy atom. The molecular formula is C14H19NO4. The summed E-state index contributed by atoms with van der Waals surface area (Å²) in [6.45, 7) is 3.82. The Hall–Kier alpha value is -1.88. The SMILES string of the molecule is CCOCCCNC(=O)c1ccc(C(=O)OC)cc1. The molecule has 0 saturated carbocycles. The first-order valence-corrected chi connectivity index (χ1v) is 6.23. The molecule has 0 bridgehead atoms. The monoisotopic (exact) mass is 265 g/mol. The van der Waals surface area contributed by atoms with Crippen molar-refractivity contribution in [3.63, 3.8) is 0 Å². The molecule has 0 atom stereocenters. The van der Waals surface area contributed by atoms with E-state index in [2.05, 4.69) is 10.1 Å². The van der Waals surface area contributed by atoms with Gasteiger partial charge < -0.3 is 14.8 Å². The van der Waals surface area contributed by atoms with E-state index >= 15 is 0 Å². The van der Waals surface area contributed by atoms with Crippen molar-refractivity contribution in [3.05, 3.63) is 35.4 Å². The van der Waals surface area contributed by atoms with Crippen LogP contribution in [0.25, 0.3) is 0 Å². The molecule has 0 heterocycles. The molecule has 1 rings (SSSR count). The first kappa shape index (κ1) is 15.2. The Bertz CT molecular complexity index is 414. The number of carbonyl (C=O) groups excluding carboxylic acids is 2. The fraction of sp³-hybridized carbons (Fsp3) is 0.429. The Kier molecular flexibility index (Phi) is 6.60. The van der Waals surface area contributed by atoms with Gasteiger partial charge in [0.25, 0.3) is 5.91 Å². The number of carbonyl (C=O) groups is 2. The smallest absolute Gasteiger partial charge is 0.337 e. The molecule has 0 unspecified atom stereocenters.